The lowest BCUT2D eigenvalue weighted by atomic mass is 9.81. The molecule has 2 bridgehead atoms. The van der Waals surface area contributed by atoms with Gasteiger partial charge in [0.2, 0.25) is 0 Å². The summed E-state index contributed by atoms with van der Waals surface area (Å²) in [6.07, 6.45) is 3.38. The lowest BCUT2D eigenvalue weighted by Gasteiger charge is -2.25. The summed E-state index contributed by atoms with van der Waals surface area (Å²) in [7, 11) is 0. The Labute approximate surface area is 61.7 Å². The van der Waals surface area contributed by atoms with Crippen LogP contribution in [-0.4, -0.2) is 17.2 Å². The summed E-state index contributed by atoms with van der Waals surface area (Å²) >= 11 is 0. The molecule has 0 aromatic heterocycles. The quantitative estimate of drug-likeness (QED) is 0.547. The summed E-state index contributed by atoms with van der Waals surface area (Å²) in [4.78, 5) is 0. The average Bonchev–Trinajstić information content (AvgIpc) is 2.17. The van der Waals surface area contributed by atoms with Crippen LogP contribution in [-0.2, 0) is 4.74 Å². The normalized spacial score (nSPS) is 59.7. The van der Waals surface area contributed by atoms with Crippen LogP contribution in [0.2, 0.25) is 0 Å². The van der Waals surface area contributed by atoms with Crippen molar-refractivity contribution < 1.29 is 4.74 Å². The molecular weight excluding hydrogens is 126 g/mol. The van der Waals surface area contributed by atoms with Crippen LogP contribution >= 0.6 is 0 Å². The molecule has 2 aliphatic heterocycles. The number of nitrogens with two attached hydrogens (primary N) is 1. The van der Waals surface area contributed by atoms with E-state index in [1.54, 1.807) is 0 Å². The van der Waals surface area contributed by atoms with Crippen LogP contribution in [0.3, 0.4) is 0 Å². The first-order valence-corrected chi connectivity index (χ1v) is 4.00. The Balaban J connectivity index is 2.28. The summed E-state index contributed by atoms with van der Waals surface area (Å²) in [5, 5.41) is 0. The van der Waals surface area contributed by atoms with E-state index in [2.05, 4.69) is 13.8 Å². The standard InChI is InChI=1S/C8H15NO/c1-7-3-4-8(2,10-7)6(9)5-7/h6H,3-5,9H2,1-2H3/t6?,7-,8+/m0/s1. The maximum Gasteiger partial charge on any atom is 0.0814 e. The second-order valence-electron chi connectivity index (χ2n) is 4.18. The van der Waals surface area contributed by atoms with E-state index in [1.807, 2.05) is 0 Å². The number of hydrogen-bond acceptors (Lipinski definition) is 2. The van der Waals surface area contributed by atoms with E-state index in [4.69, 9.17) is 10.5 Å². The maximum absolute atomic E-state index is 5.91. The van der Waals surface area contributed by atoms with Gasteiger partial charge in [-0.15, -0.1) is 0 Å². The van der Waals surface area contributed by atoms with Gasteiger partial charge in [-0.1, -0.05) is 0 Å². The highest BCUT2D eigenvalue weighted by Crippen LogP contribution is 2.49. The van der Waals surface area contributed by atoms with Gasteiger partial charge >= 0.3 is 0 Å². The molecule has 0 radical (unpaired) electrons. The van der Waals surface area contributed by atoms with Crippen molar-refractivity contribution in [2.24, 2.45) is 5.73 Å². The molecule has 0 aromatic carbocycles. The van der Waals surface area contributed by atoms with Crippen molar-refractivity contribution in [3.05, 3.63) is 0 Å². The molecule has 2 heterocycles. The van der Waals surface area contributed by atoms with E-state index in [1.165, 1.54) is 6.42 Å². The minimum absolute atomic E-state index is 0.00868. The molecule has 2 nitrogen and oxygen atoms in total. The third-order valence-electron chi connectivity index (χ3n) is 3.07. The Morgan fingerprint density at radius 3 is 2.30 bits per heavy atom. The van der Waals surface area contributed by atoms with Gasteiger partial charge < -0.3 is 10.5 Å². The molecule has 10 heavy (non-hydrogen) atoms. The number of ether oxygens (including phenoxy) is 1. The van der Waals surface area contributed by atoms with Gasteiger partial charge in [-0.3, -0.25) is 0 Å². The molecule has 2 saturated heterocycles. The van der Waals surface area contributed by atoms with Gasteiger partial charge in [-0.25, -0.2) is 0 Å². The first-order valence-electron chi connectivity index (χ1n) is 4.00. The highest BCUT2D eigenvalue weighted by atomic mass is 16.5. The van der Waals surface area contributed by atoms with Crippen molar-refractivity contribution in [3.63, 3.8) is 0 Å². The fourth-order valence-electron chi connectivity index (χ4n) is 2.26. The van der Waals surface area contributed by atoms with E-state index in [0.29, 0.717) is 0 Å². The van der Waals surface area contributed by atoms with Gasteiger partial charge in [-0.2, -0.15) is 0 Å². The zero-order valence-corrected chi connectivity index (χ0v) is 6.68. The van der Waals surface area contributed by atoms with Crippen molar-refractivity contribution in [1.29, 1.82) is 0 Å². The third kappa shape index (κ3) is 0.663. The summed E-state index contributed by atoms with van der Waals surface area (Å²) < 4.78 is 5.83. The van der Waals surface area contributed by atoms with Crippen LogP contribution in [0.25, 0.3) is 0 Å². The Hall–Kier alpha value is -0.0800. The van der Waals surface area contributed by atoms with Gasteiger partial charge in [0.15, 0.2) is 0 Å². The molecule has 2 N–H and O–H groups in total. The van der Waals surface area contributed by atoms with E-state index in [0.717, 1.165) is 12.8 Å². The Morgan fingerprint density at radius 1 is 1.40 bits per heavy atom. The molecule has 0 spiro atoms. The predicted molar refractivity (Wildman–Crippen MR) is 39.7 cm³/mol. The highest BCUT2D eigenvalue weighted by Gasteiger charge is 2.55. The summed E-state index contributed by atoms with van der Waals surface area (Å²) in [6, 6.07) is 0.270. The van der Waals surface area contributed by atoms with Gasteiger partial charge in [0.25, 0.3) is 0 Å². The van der Waals surface area contributed by atoms with E-state index < -0.39 is 0 Å². The van der Waals surface area contributed by atoms with E-state index in [9.17, 15) is 0 Å². The third-order valence-corrected chi connectivity index (χ3v) is 3.07. The summed E-state index contributed by atoms with van der Waals surface area (Å²) in [6.45, 7) is 4.31. The molecule has 2 rings (SSSR count). The molecule has 0 amide bonds. The summed E-state index contributed by atoms with van der Waals surface area (Å²) in [5.41, 5.74) is 6.04. The molecule has 2 aliphatic rings. The number of rotatable bonds is 0. The van der Waals surface area contributed by atoms with Crippen LogP contribution in [0.15, 0.2) is 0 Å². The first-order chi connectivity index (χ1) is 4.54. The number of hydrogen-bond donors (Lipinski definition) is 1. The zero-order valence-electron chi connectivity index (χ0n) is 6.68. The molecule has 58 valence electrons. The lowest BCUT2D eigenvalue weighted by Crippen LogP contribution is -2.42. The topological polar surface area (TPSA) is 35.2 Å². The van der Waals surface area contributed by atoms with E-state index in [-0.39, 0.29) is 17.2 Å². The van der Waals surface area contributed by atoms with Crippen LogP contribution in [0.4, 0.5) is 0 Å². The zero-order chi connectivity index (χ0) is 7.41. The van der Waals surface area contributed by atoms with Gasteiger partial charge in [0.05, 0.1) is 11.2 Å². The molecule has 0 saturated carbocycles. The molecular formula is C8H15NO. The van der Waals surface area contributed by atoms with Crippen molar-refractivity contribution >= 4 is 0 Å². The van der Waals surface area contributed by atoms with Crippen LogP contribution < -0.4 is 5.73 Å². The fraction of sp³-hybridized carbons (Fsp3) is 1.00. The van der Waals surface area contributed by atoms with Crippen molar-refractivity contribution in [1.82, 2.24) is 0 Å². The molecule has 2 fully saturated rings. The first kappa shape index (κ1) is 6.62. The Kier molecular flexibility index (Phi) is 1.03. The molecule has 0 aliphatic carbocycles. The second kappa shape index (κ2) is 1.56. The van der Waals surface area contributed by atoms with Crippen molar-refractivity contribution in [3.8, 4) is 0 Å². The van der Waals surface area contributed by atoms with Crippen LogP contribution in [0.1, 0.15) is 33.1 Å². The summed E-state index contributed by atoms with van der Waals surface area (Å²) in [5.74, 6) is 0. The Morgan fingerprint density at radius 2 is 2.10 bits per heavy atom. The second-order valence-corrected chi connectivity index (χ2v) is 4.18. The minimum Gasteiger partial charge on any atom is -0.367 e. The molecule has 0 aromatic rings. The lowest BCUT2D eigenvalue weighted by molar-refractivity contribution is -0.0299. The average molecular weight is 141 g/mol. The minimum atomic E-state index is 0.00868. The van der Waals surface area contributed by atoms with Gasteiger partial charge in [0, 0.05) is 6.04 Å². The van der Waals surface area contributed by atoms with E-state index >= 15 is 0 Å². The molecule has 1 unspecified atom stereocenters. The van der Waals surface area contributed by atoms with Crippen molar-refractivity contribution in [2.45, 2.75) is 50.4 Å². The van der Waals surface area contributed by atoms with Crippen molar-refractivity contribution in [2.75, 3.05) is 0 Å². The smallest absolute Gasteiger partial charge is 0.0814 e. The SMILES string of the molecule is C[C@@]12CC[C@@](C)(O1)C(N)C2. The van der Waals surface area contributed by atoms with Gasteiger partial charge in [-0.05, 0) is 33.1 Å². The van der Waals surface area contributed by atoms with Crippen LogP contribution in [0.5, 0.6) is 0 Å². The fourth-order valence-corrected chi connectivity index (χ4v) is 2.26. The maximum atomic E-state index is 5.91. The highest BCUT2D eigenvalue weighted by molar-refractivity contribution is 5.07. The van der Waals surface area contributed by atoms with Gasteiger partial charge in [0.1, 0.15) is 0 Å². The molecule has 3 atom stereocenters. The predicted octanol–water partition coefficient (Wildman–Crippen LogP) is 1.05. The number of fused-ring (bicyclic) bond motifs is 2. The molecule has 2 heteroatoms. The monoisotopic (exact) mass is 141 g/mol. The van der Waals surface area contributed by atoms with Crippen LogP contribution in [0, 0.1) is 0 Å². The Bertz CT molecular complexity index is 171. The largest absolute Gasteiger partial charge is 0.367 e.